The van der Waals surface area contributed by atoms with Gasteiger partial charge in [0.1, 0.15) is 4.32 Å². The van der Waals surface area contributed by atoms with Gasteiger partial charge in [0, 0.05) is 4.88 Å². The predicted octanol–water partition coefficient (Wildman–Crippen LogP) is 2.11. The highest BCUT2D eigenvalue weighted by atomic mass is 32.2. The van der Waals surface area contributed by atoms with E-state index in [9.17, 15) is 14.7 Å². The second kappa shape index (κ2) is 6.72. The third-order valence-corrected chi connectivity index (χ3v) is 5.49. The number of amides is 1. The van der Waals surface area contributed by atoms with Crippen molar-refractivity contribution in [3.8, 4) is 0 Å². The monoisotopic (exact) mass is 340 g/mol. The van der Waals surface area contributed by atoms with E-state index in [0.717, 1.165) is 16.6 Å². The number of thiophene rings is 1. The van der Waals surface area contributed by atoms with E-state index in [4.69, 9.17) is 12.2 Å². The molecule has 1 aromatic heterocycles. The lowest BCUT2D eigenvalue weighted by atomic mass is 9.98. The molecule has 2 atom stereocenters. The minimum absolute atomic E-state index is 0.224. The lowest BCUT2D eigenvalue weighted by Crippen LogP contribution is -2.53. The second-order valence-corrected chi connectivity index (χ2v) is 7.37. The molecule has 112 valence electrons. The maximum Gasteiger partial charge on any atom is 0.266 e. The van der Waals surface area contributed by atoms with Gasteiger partial charge in [-0.2, -0.15) is 0 Å². The first kappa shape index (κ1) is 16.2. The summed E-state index contributed by atoms with van der Waals surface area (Å²) in [5.41, 5.74) is 0. The number of aliphatic carboxylic acids is 1. The highest BCUT2D eigenvalue weighted by Gasteiger charge is 2.39. The zero-order chi connectivity index (χ0) is 15.6. The Kier molecular flexibility index (Phi) is 5.18. The molecule has 0 unspecified atom stereocenters. The van der Waals surface area contributed by atoms with Crippen molar-refractivity contribution in [2.24, 2.45) is 5.92 Å². The summed E-state index contributed by atoms with van der Waals surface area (Å²) in [6, 6.07) is 2.76. The van der Waals surface area contributed by atoms with Crippen LogP contribution in [0.2, 0.25) is 0 Å². The number of hydrogen-bond acceptors (Lipinski definition) is 6. The fourth-order valence-corrected chi connectivity index (χ4v) is 4.09. The fraction of sp³-hybridized carbons (Fsp3) is 0.357. The van der Waals surface area contributed by atoms with Crippen molar-refractivity contribution in [3.63, 3.8) is 0 Å². The summed E-state index contributed by atoms with van der Waals surface area (Å²) in [6.07, 6.45) is 2.37. The van der Waals surface area contributed by atoms with Crippen LogP contribution in [-0.4, -0.2) is 27.1 Å². The summed E-state index contributed by atoms with van der Waals surface area (Å²) in [5, 5.41) is 13.3. The van der Waals surface area contributed by atoms with Gasteiger partial charge < -0.3 is 9.90 Å². The van der Waals surface area contributed by atoms with Crippen molar-refractivity contribution < 1.29 is 14.7 Å². The van der Waals surface area contributed by atoms with E-state index < -0.39 is 12.0 Å². The Balaban J connectivity index is 2.31. The Morgan fingerprint density at radius 3 is 2.81 bits per heavy atom. The quantitative estimate of drug-likeness (QED) is 0.607. The molecular formula is C14H14NO3S3-. The van der Waals surface area contributed by atoms with Gasteiger partial charge in [-0.3, -0.25) is 9.69 Å². The van der Waals surface area contributed by atoms with Crippen LogP contribution in [0, 0.1) is 5.92 Å². The summed E-state index contributed by atoms with van der Waals surface area (Å²) >= 11 is 7.84. The van der Waals surface area contributed by atoms with Crippen LogP contribution in [-0.2, 0) is 9.59 Å². The molecule has 21 heavy (non-hydrogen) atoms. The Morgan fingerprint density at radius 2 is 2.29 bits per heavy atom. The molecule has 0 radical (unpaired) electrons. The molecule has 1 aliphatic rings. The van der Waals surface area contributed by atoms with Crippen LogP contribution in [0.1, 0.15) is 25.1 Å². The standard InChI is InChI=1S/C14H15NO3S3/c1-3-8(2)11(13(17)18)15-12(16)10(21-14(15)19)7-9-5-4-6-20-9/h4-8,11H,3H2,1-2H3,(H,17,18)/p-1/b10-7+/t8-,11+/m0/s1. The Bertz CT molecular complexity index is 595. The number of nitrogens with zero attached hydrogens (tertiary/aromatic N) is 1. The first-order valence-electron chi connectivity index (χ1n) is 6.47. The van der Waals surface area contributed by atoms with E-state index in [1.54, 1.807) is 13.0 Å². The molecule has 2 rings (SSSR count). The van der Waals surface area contributed by atoms with Crippen LogP contribution < -0.4 is 5.11 Å². The SMILES string of the molecule is CC[C@H](C)[C@H](C(=O)[O-])N1C(=O)/C(=C\c2cccs2)SC1=S. The van der Waals surface area contributed by atoms with E-state index in [1.165, 1.54) is 16.2 Å². The zero-order valence-electron chi connectivity index (χ0n) is 11.6. The van der Waals surface area contributed by atoms with Crippen LogP contribution in [0.4, 0.5) is 0 Å². The molecular weight excluding hydrogens is 326 g/mol. The van der Waals surface area contributed by atoms with Crippen molar-refractivity contribution in [2.45, 2.75) is 26.3 Å². The summed E-state index contributed by atoms with van der Waals surface area (Å²) < 4.78 is 0.275. The molecule has 0 aliphatic carbocycles. The smallest absolute Gasteiger partial charge is 0.266 e. The molecule has 0 N–H and O–H groups in total. The number of rotatable bonds is 5. The summed E-state index contributed by atoms with van der Waals surface area (Å²) in [4.78, 5) is 26.5. The van der Waals surface area contributed by atoms with Gasteiger partial charge in [-0.1, -0.05) is 50.3 Å². The number of carboxylic acid groups (broad SMARTS) is 1. The molecule has 4 nitrogen and oxygen atoms in total. The first-order valence-corrected chi connectivity index (χ1v) is 8.57. The largest absolute Gasteiger partial charge is 0.548 e. The highest BCUT2D eigenvalue weighted by molar-refractivity contribution is 8.26. The number of thiocarbonyl (C=S) groups is 1. The molecule has 0 aromatic carbocycles. The van der Waals surface area contributed by atoms with Crippen LogP contribution in [0.25, 0.3) is 6.08 Å². The summed E-state index contributed by atoms with van der Waals surface area (Å²) in [7, 11) is 0. The van der Waals surface area contributed by atoms with Gasteiger partial charge in [-0.25, -0.2) is 0 Å². The van der Waals surface area contributed by atoms with Crippen molar-refractivity contribution in [3.05, 3.63) is 27.3 Å². The fourth-order valence-electron chi connectivity index (χ4n) is 2.04. The molecule has 1 fully saturated rings. The lowest BCUT2D eigenvalue weighted by molar-refractivity contribution is -0.311. The number of thioether (sulfide) groups is 1. The molecule has 1 amide bonds. The van der Waals surface area contributed by atoms with Crippen LogP contribution in [0.15, 0.2) is 22.4 Å². The minimum atomic E-state index is -1.27. The predicted molar refractivity (Wildman–Crippen MR) is 87.6 cm³/mol. The van der Waals surface area contributed by atoms with E-state index in [1.807, 2.05) is 24.4 Å². The average Bonchev–Trinajstić information content (AvgIpc) is 3.02. The van der Waals surface area contributed by atoms with E-state index >= 15 is 0 Å². The van der Waals surface area contributed by atoms with Gasteiger partial charge in [0.2, 0.25) is 0 Å². The second-order valence-electron chi connectivity index (χ2n) is 4.72. The Labute approximate surface area is 136 Å². The Morgan fingerprint density at radius 1 is 1.57 bits per heavy atom. The average molecular weight is 340 g/mol. The molecule has 7 heteroatoms. The third kappa shape index (κ3) is 3.36. The molecule has 1 aromatic rings. The van der Waals surface area contributed by atoms with Gasteiger partial charge in [-0.15, -0.1) is 11.3 Å². The summed E-state index contributed by atoms with van der Waals surface area (Å²) in [5.74, 6) is -1.84. The molecule has 0 saturated carbocycles. The van der Waals surface area contributed by atoms with Crippen LogP contribution >= 0.6 is 35.3 Å². The van der Waals surface area contributed by atoms with E-state index in [-0.39, 0.29) is 16.1 Å². The van der Waals surface area contributed by atoms with Crippen molar-refractivity contribution in [2.75, 3.05) is 0 Å². The van der Waals surface area contributed by atoms with E-state index in [2.05, 4.69) is 0 Å². The van der Waals surface area contributed by atoms with Crippen molar-refractivity contribution in [1.82, 2.24) is 4.90 Å². The number of carbonyl (C=O) groups is 2. The molecule has 2 heterocycles. The molecule has 1 saturated heterocycles. The topological polar surface area (TPSA) is 60.4 Å². The minimum Gasteiger partial charge on any atom is -0.548 e. The summed E-state index contributed by atoms with van der Waals surface area (Å²) in [6.45, 7) is 3.65. The Hall–Kier alpha value is -1.18. The molecule has 0 spiro atoms. The number of carboxylic acids is 1. The van der Waals surface area contributed by atoms with Crippen molar-refractivity contribution in [1.29, 1.82) is 0 Å². The van der Waals surface area contributed by atoms with Crippen LogP contribution in [0.5, 0.6) is 0 Å². The molecule has 1 aliphatic heterocycles. The van der Waals surface area contributed by atoms with Gasteiger partial charge in [0.05, 0.1) is 16.9 Å². The normalized spacial score (nSPS) is 20.1. The zero-order valence-corrected chi connectivity index (χ0v) is 14.0. The first-order chi connectivity index (χ1) is 9.95. The maximum atomic E-state index is 12.5. The van der Waals surface area contributed by atoms with E-state index in [0.29, 0.717) is 11.3 Å². The van der Waals surface area contributed by atoms with Gasteiger partial charge in [0.15, 0.2) is 0 Å². The number of carbonyl (C=O) groups excluding carboxylic acids is 2. The van der Waals surface area contributed by atoms with Gasteiger partial charge >= 0.3 is 0 Å². The third-order valence-electron chi connectivity index (χ3n) is 3.34. The number of hydrogen-bond donors (Lipinski definition) is 0. The van der Waals surface area contributed by atoms with Gasteiger partial charge in [0.25, 0.3) is 5.91 Å². The maximum absolute atomic E-state index is 12.5. The van der Waals surface area contributed by atoms with Crippen molar-refractivity contribution >= 4 is 57.6 Å². The molecule has 0 bridgehead atoms. The highest BCUT2D eigenvalue weighted by Crippen LogP contribution is 2.36. The van der Waals surface area contributed by atoms with Gasteiger partial charge in [-0.05, 0) is 23.4 Å². The van der Waals surface area contributed by atoms with Crippen LogP contribution in [0.3, 0.4) is 0 Å². The lowest BCUT2D eigenvalue weighted by Gasteiger charge is -2.32.